The molecule has 2 N–H and O–H groups in total. The lowest BCUT2D eigenvalue weighted by Crippen LogP contribution is -2.42. The molecule has 1 aromatic carbocycles. The lowest BCUT2D eigenvalue weighted by molar-refractivity contribution is -0.122. The molecule has 2 rings (SSSR count). The second kappa shape index (κ2) is 4.82. The minimum atomic E-state index is -0.650. The average Bonchev–Trinajstić information content (AvgIpc) is 2.75. The largest absolute Gasteiger partial charge is 0.447 e. The van der Waals surface area contributed by atoms with E-state index in [-0.39, 0.29) is 24.9 Å². The Labute approximate surface area is 97.0 Å². The van der Waals surface area contributed by atoms with Gasteiger partial charge >= 0.3 is 6.09 Å². The molecule has 1 fully saturated rings. The number of amides is 2. The molecule has 1 aliphatic rings. The fourth-order valence-corrected chi connectivity index (χ4v) is 1.44. The maximum atomic E-state index is 12.6. The third-order valence-electron chi connectivity index (χ3n) is 2.37. The van der Waals surface area contributed by atoms with Gasteiger partial charge in [0.1, 0.15) is 18.5 Å². The topological polar surface area (TPSA) is 67.4 Å². The van der Waals surface area contributed by atoms with Gasteiger partial charge in [-0.15, -0.1) is 0 Å². The lowest BCUT2D eigenvalue weighted by atomic mass is 10.2. The van der Waals surface area contributed by atoms with Crippen molar-refractivity contribution in [3.8, 4) is 0 Å². The Bertz CT molecular complexity index is 433. The summed E-state index contributed by atoms with van der Waals surface area (Å²) in [4.78, 5) is 22.3. The maximum Gasteiger partial charge on any atom is 0.407 e. The Balaban J connectivity index is 1.84. The van der Waals surface area contributed by atoms with E-state index in [0.29, 0.717) is 0 Å². The fourth-order valence-electron chi connectivity index (χ4n) is 1.44. The van der Waals surface area contributed by atoms with Gasteiger partial charge < -0.3 is 15.4 Å². The van der Waals surface area contributed by atoms with Gasteiger partial charge in [0.25, 0.3) is 0 Å². The molecule has 1 heterocycles. The van der Waals surface area contributed by atoms with E-state index in [1.807, 2.05) is 0 Å². The van der Waals surface area contributed by atoms with E-state index in [4.69, 9.17) is 0 Å². The molecule has 0 radical (unpaired) electrons. The summed E-state index contributed by atoms with van der Waals surface area (Å²) >= 11 is 0. The maximum absolute atomic E-state index is 12.6. The zero-order valence-corrected chi connectivity index (χ0v) is 8.90. The Morgan fingerprint density at radius 3 is 2.76 bits per heavy atom. The summed E-state index contributed by atoms with van der Waals surface area (Å²) in [5, 5.41) is 4.99. The van der Waals surface area contributed by atoms with Crippen LogP contribution in [-0.4, -0.2) is 24.6 Å². The third kappa shape index (κ3) is 2.93. The van der Waals surface area contributed by atoms with Crippen LogP contribution in [0.1, 0.15) is 5.56 Å². The van der Waals surface area contributed by atoms with Crippen molar-refractivity contribution in [1.82, 2.24) is 10.6 Å². The Morgan fingerprint density at radius 1 is 1.47 bits per heavy atom. The van der Waals surface area contributed by atoms with Gasteiger partial charge in [0.05, 0.1) is 0 Å². The first-order valence-corrected chi connectivity index (χ1v) is 5.10. The number of hydrogen-bond acceptors (Lipinski definition) is 3. The van der Waals surface area contributed by atoms with Crippen LogP contribution < -0.4 is 10.6 Å². The van der Waals surface area contributed by atoms with Gasteiger partial charge in [-0.2, -0.15) is 0 Å². The molecule has 0 spiro atoms. The zero-order chi connectivity index (χ0) is 12.3. The monoisotopic (exact) mass is 238 g/mol. The van der Waals surface area contributed by atoms with Crippen molar-refractivity contribution in [2.24, 2.45) is 0 Å². The van der Waals surface area contributed by atoms with E-state index in [0.717, 1.165) is 5.56 Å². The van der Waals surface area contributed by atoms with Gasteiger partial charge in [-0.25, -0.2) is 9.18 Å². The number of benzene rings is 1. The summed E-state index contributed by atoms with van der Waals surface area (Å²) in [5.41, 5.74) is 0.782. The van der Waals surface area contributed by atoms with Gasteiger partial charge in [-0.05, 0) is 17.7 Å². The van der Waals surface area contributed by atoms with Crippen molar-refractivity contribution in [1.29, 1.82) is 0 Å². The first-order valence-electron chi connectivity index (χ1n) is 5.10. The first kappa shape index (κ1) is 11.4. The summed E-state index contributed by atoms with van der Waals surface area (Å²) in [6.07, 6.45) is -0.591. The molecule has 1 unspecified atom stereocenters. The van der Waals surface area contributed by atoms with Gasteiger partial charge in [0.2, 0.25) is 5.91 Å². The van der Waals surface area contributed by atoms with Gasteiger partial charge in [0, 0.05) is 6.54 Å². The van der Waals surface area contributed by atoms with Crippen LogP contribution in [0.5, 0.6) is 0 Å². The number of alkyl carbamates (subject to hydrolysis) is 1. The van der Waals surface area contributed by atoms with E-state index in [2.05, 4.69) is 15.4 Å². The van der Waals surface area contributed by atoms with Crippen LogP contribution in [0, 0.1) is 5.82 Å². The van der Waals surface area contributed by atoms with Crippen LogP contribution in [0.2, 0.25) is 0 Å². The van der Waals surface area contributed by atoms with Crippen molar-refractivity contribution in [2.75, 3.05) is 6.61 Å². The SMILES string of the molecule is O=C1NC(C(=O)NCc2ccc(F)cc2)CO1. The van der Waals surface area contributed by atoms with Crippen LogP contribution in [0.4, 0.5) is 9.18 Å². The van der Waals surface area contributed by atoms with Crippen LogP contribution in [0.3, 0.4) is 0 Å². The number of cyclic esters (lactones) is 1. The Hall–Kier alpha value is -2.11. The van der Waals surface area contributed by atoms with E-state index in [9.17, 15) is 14.0 Å². The van der Waals surface area contributed by atoms with Gasteiger partial charge in [0.15, 0.2) is 0 Å². The van der Waals surface area contributed by atoms with Crippen molar-refractivity contribution in [3.05, 3.63) is 35.6 Å². The van der Waals surface area contributed by atoms with Crippen LogP contribution >= 0.6 is 0 Å². The van der Waals surface area contributed by atoms with E-state index in [1.165, 1.54) is 12.1 Å². The first-order chi connectivity index (χ1) is 8.15. The second-order valence-electron chi connectivity index (χ2n) is 3.64. The molecule has 90 valence electrons. The van der Waals surface area contributed by atoms with E-state index < -0.39 is 12.1 Å². The number of carbonyl (C=O) groups excluding carboxylic acids is 2. The molecule has 6 heteroatoms. The molecule has 1 saturated heterocycles. The number of nitrogens with one attached hydrogen (secondary N) is 2. The number of halogens is 1. The van der Waals surface area contributed by atoms with Gasteiger partial charge in [-0.3, -0.25) is 4.79 Å². The molecule has 1 aromatic rings. The van der Waals surface area contributed by atoms with Crippen molar-refractivity contribution in [2.45, 2.75) is 12.6 Å². The lowest BCUT2D eigenvalue weighted by Gasteiger charge is -2.08. The fraction of sp³-hybridized carbons (Fsp3) is 0.273. The van der Waals surface area contributed by atoms with Crippen molar-refractivity contribution < 1.29 is 18.7 Å². The van der Waals surface area contributed by atoms with Gasteiger partial charge in [-0.1, -0.05) is 12.1 Å². The standard InChI is InChI=1S/C11H11FN2O3/c12-8-3-1-7(2-4-8)5-13-10(15)9-6-17-11(16)14-9/h1-4,9H,5-6H2,(H,13,15)(H,14,16). The zero-order valence-electron chi connectivity index (χ0n) is 8.90. The van der Waals surface area contributed by atoms with E-state index in [1.54, 1.807) is 12.1 Å². The smallest absolute Gasteiger partial charge is 0.407 e. The predicted molar refractivity (Wildman–Crippen MR) is 56.5 cm³/mol. The number of carbonyl (C=O) groups is 2. The molecule has 0 saturated carbocycles. The molecule has 0 aliphatic carbocycles. The molecule has 1 atom stereocenters. The highest BCUT2D eigenvalue weighted by Crippen LogP contribution is 2.03. The normalized spacial score (nSPS) is 18.4. The Morgan fingerprint density at radius 2 is 2.18 bits per heavy atom. The quantitative estimate of drug-likeness (QED) is 0.808. The molecule has 17 heavy (non-hydrogen) atoms. The summed E-state index contributed by atoms with van der Waals surface area (Å²) in [6.45, 7) is 0.319. The van der Waals surface area contributed by atoms with Crippen molar-refractivity contribution >= 4 is 12.0 Å². The highest BCUT2D eigenvalue weighted by atomic mass is 19.1. The summed E-state index contributed by atoms with van der Waals surface area (Å²) < 4.78 is 17.2. The molecule has 5 nitrogen and oxygen atoms in total. The third-order valence-corrected chi connectivity index (χ3v) is 2.37. The molecular weight excluding hydrogens is 227 g/mol. The number of ether oxygens (including phenoxy) is 1. The number of rotatable bonds is 3. The molecule has 2 amide bonds. The summed E-state index contributed by atoms with van der Waals surface area (Å²) in [6, 6.07) is 5.16. The number of hydrogen-bond donors (Lipinski definition) is 2. The molecular formula is C11H11FN2O3. The summed E-state index contributed by atoms with van der Waals surface area (Å²) in [7, 11) is 0. The van der Waals surface area contributed by atoms with Crippen LogP contribution in [0.25, 0.3) is 0 Å². The highest BCUT2D eigenvalue weighted by Gasteiger charge is 2.28. The summed E-state index contributed by atoms with van der Waals surface area (Å²) in [5.74, 6) is -0.642. The molecule has 1 aliphatic heterocycles. The molecule has 0 bridgehead atoms. The van der Waals surface area contributed by atoms with E-state index >= 15 is 0 Å². The minimum absolute atomic E-state index is 0.0358. The van der Waals surface area contributed by atoms with Crippen LogP contribution in [0.15, 0.2) is 24.3 Å². The molecule has 0 aromatic heterocycles. The minimum Gasteiger partial charge on any atom is -0.447 e. The van der Waals surface area contributed by atoms with Crippen LogP contribution in [-0.2, 0) is 16.1 Å². The average molecular weight is 238 g/mol. The van der Waals surface area contributed by atoms with Crippen molar-refractivity contribution in [3.63, 3.8) is 0 Å². The predicted octanol–water partition coefficient (Wildman–Crippen LogP) is 0.550. The second-order valence-corrected chi connectivity index (χ2v) is 3.64. The highest BCUT2D eigenvalue weighted by molar-refractivity contribution is 5.87. The Kier molecular flexibility index (Phi) is 3.22.